The summed E-state index contributed by atoms with van der Waals surface area (Å²) >= 11 is 0. The molecule has 0 saturated carbocycles. The zero-order chi connectivity index (χ0) is 15.8. The van der Waals surface area contributed by atoms with E-state index in [0.717, 1.165) is 5.56 Å². The van der Waals surface area contributed by atoms with E-state index in [1.54, 1.807) is 6.07 Å². The summed E-state index contributed by atoms with van der Waals surface area (Å²) in [5.74, 6) is -0.453. The molecule has 2 aromatic carbocycles. The lowest BCUT2D eigenvalue weighted by Gasteiger charge is -2.03. The highest BCUT2D eigenvalue weighted by molar-refractivity contribution is 5.92. The second kappa shape index (κ2) is 7.53. The quantitative estimate of drug-likeness (QED) is 0.504. The molecular formula is C15H13N3O4. The van der Waals surface area contributed by atoms with Crippen LogP contribution in [0.15, 0.2) is 59.8 Å². The van der Waals surface area contributed by atoms with Crippen LogP contribution in [0.1, 0.15) is 5.56 Å². The average molecular weight is 299 g/mol. The van der Waals surface area contributed by atoms with E-state index >= 15 is 0 Å². The predicted octanol–water partition coefficient (Wildman–Crippen LogP) is 2.58. The number of nitro groups is 1. The first-order chi connectivity index (χ1) is 10.6. The second-order valence-corrected chi connectivity index (χ2v) is 4.27. The van der Waals surface area contributed by atoms with Gasteiger partial charge in [0.1, 0.15) is 0 Å². The molecule has 0 saturated heterocycles. The number of hydrogen-bond acceptors (Lipinski definition) is 5. The maximum Gasteiger partial charge on any atom is 0.271 e. The predicted molar refractivity (Wildman–Crippen MR) is 81.7 cm³/mol. The third-order valence-corrected chi connectivity index (χ3v) is 2.61. The standard InChI is InChI=1S/C15H13N3O4/c19-15(11-22-16-10-12-5-2-1-3-6-12)17-13-7-4-8-14(9-13)18(20)21/h1-10H,11H2,(H,17,19)/b16-10+. The van der Waals surface area contributed by atoms with Gasteiger partial charge in [-0.1, -0.05) is 41.6 Å². The van der Waals surface area contributed by atoms with E-state index < -0.39 is 10.8 Å². The lowest BCUT2D eigenvalue weighted by molar-refractivity contribution is -0.384. The van der Waals surface area contributed by atoms with Crippen LogP contribution in [0.25, 0.3) is 0 Å². The third kappa shape index (κ3) is 4.71. The Hall–Kier alpha value is -3.22. The minimum Gasteiger partial charge on any atom is -0.386 e. The van der Waals surface area contributed by atoms with Crippen molar-refractivity contribution < 1.29 is 14.6 Å². The van der Waals surface area contributed by atoms with Crippen molar-refractivity contribution in [3.05, 3.63) is 70.3 Å². The number of nitrogens with zero attached hydrogens (tertiary/aromatic N) is 2. The van der Waals surface area contributed by atoms with Crippen LogP contribution in [-0.4, -0.2) is 23.7 Å². The highest BCUT2D eigenvalue weighted by Crippen LogP contribution is 2.16. The number of non-ortho nitro benzene ring substituents is 1. The highest BCUT2D eigenvalue weighted by atomic mass is 16.6. The van der Waals surface area contributed by atoms with Crippen molar-refractivity contribution in [2.45, 2.75) is 0 Å². The number of benzene rings is 2. The molecule has 0 atom stereocenters. The van der Waals surface area contributed by atoms with Crippen LogP contribution in [0.2, 0.25) is 0 Å². The largest absolute Gasteiger partial charge is 0.386 e. The first kappa shape index (κ1) is 15.2. The molecule has 1 amide bonds. The van der Waals surface area contributed by atoms with Gasteiger partial charge in [0.05, 0.1) is 11.1 Å². The molecule has 0 unspecified atom stereocenters. The number of anilines is 1. The van der Waals surface area contributed by atoms with Crippen LogP contribution in [0.5, 0.6) is 0 Å². The molecule has 2 rings (SSSR count). The third-order valence-electron chi connectivity index (χ3n) is 2.61. The van der Waals surface area contributed by atoms with Gasteiger partial charge < -0.3 is 10.2 Å². The zero-order valence-electron chi connectivity index (χ0n) is 11.5. The SMILES string of the molecule is O=C(CO/N=C/c1ccccc1)Nc1cccc([N+](=O)[O-])c1. The summed E-state index contributed by atoms with van der Waals surface area (Å²) in [6.07, 6.45) is 1.49. The maximum absolute atomic E-state index is 11.6. The van der Waals surface area contributed by atoms with Crippen LogP contribution in [0, 0.1) is 10.1 Å². The van der Waals surface area contributed by atoms with Crippen LogP contribution < -0.4 is 5.32 Å². The Morgan fingerprint density at radius 2 is 2.00 bits per heavy atom. The van der Waals surface area contributed by atoms with Gasteiger partial charge in [0.15, 0.2) is 6.61 Å². The van der Waals surface area contributed by atoms with Crippen LogP contribution in [0.4, 0.5) is 11.4 Å². The molecule has 0 spiro atoms. The van der Waals surface area contributed by atoms with Crippen LogP contribution in [-0.2, 0) is 9.63 Å². The molecule has 0 aliphatic rings. The van der Waals surface area contributed by atoms with Crippen LogP contribution in [0.3, 0.4) is 0 Å². The Kier molecular flexibility index (Phi) is 5.20. The number of amides is 1. The fourth-order valence-electron chi connectivity index (χ4n) is 1.63. The van der Waals surface area contributed by atoms with Crippen molar-refractivity contribution in [1.29, 1.82) is 0 Å². The molecule has 112 valence electrons. The van der Waals surface area contributed by atoms with Crippen molar-refractivity contribution in [3.63, 3.8) is 0 Å². The average Bonchev–Trinajstić information content (AvgIpc) is 2.53. The molecule has 7 nitrogen and oxygen atoms in total. The van der Waals surface area contributed by atoms with E-state index in [1.165, 1.54) is 24.4 Å². The molecule has 0 bridgehead atoms. The van der Waals surface area contributed by atoms with Crippen molar-refractivity contribution >= 4 is 23.5 Å². The Bertz CT molecular complexity index is 686. The molecule has 0 aromatic heterocycles. The number of rotatable bonds is 6. The fraction of sp³-hybridized carbons (Fsp3) is 0.0667. The lowest BCUT2D eigenvalue weighted by Crippen LogP contribution is -2.17. The molecule has 0 aliphatic heterocycles. The number of oxime groups is 1. The number of nitro benzene ring substituents is 1. The highest BCUT2D eigenvalue weighted by Gasteiger charge is 2.08. The van der Waals surface area contributed by atoms with Gasteiger partial charge in [0, 0.05) is 17.8 Å². The molecule has 22 heavy (non-hydrogen) atoms. The summed E-state index contributed by atoms with van der Waals surface area (Å²) in [7, 11) is 0. The first-order valence-corrected chi connectivity index (χ1v) is 6.40. The van der Waals surface area contributed by atoms with Crippen LogP contribution >= 0.6 is 0 Å². The monoisotopic (exact) mass is 299 g/mol. The lowest BCUT2D eigenvalue weighted by atomic mass is 10.2. The van der Waals surface area contributed by atoms with Gasteiger partial charge in [-0.05, 0) is 11.6 Å². The van der Waals surface area contributed by atoms with Gasteiger partial charge in [-0.3, -0.25) is 14.9 Å². The van der Waals surface area contributed by atoms with Crippen molar-refractivity contribution in [2.24, 2.45) is 5.16 Å². The Morgan fingerprint density at radius 1 is 1.23 bits per heavy atom. The Labute approximate surface area is 126 Å². The number of nitrogens with one attached hydrogen (secondary N) is 1. The smallest absolute Gasteiger partial charge is 0.271 e. The van der Waals surface area contributed by atoms with E-state index in [2.05, 4.69) is 10.5 Å². The van der Waals surface area contributed by atoms with E-state index in [9.17, 15) is 14.9 Å². The molecule has 7 heteroatoms. The van der Waals surface area contributed by atoms with Crippen molar-refractivity contribution in [2.75, 3.05) is 11.9 Å². The molecule has 0 aliphatic carbocycles. The van der Waals surface area contributed by atoms with Gasteiger partial charge in [-0.2, -0.15) is 0 Å². The minimum absolute atomic E-state index is 0.0965. The van der Waals surface area contributed by atoms with Crippen molar-refractivity contribution in [3.8, 4) is 0 Å². The zero-order valence-corrected chi connectivity index (χ0v) is 11.5. The molecule has 0 fully saturated rings. The molecule has 0 heterocycles. The second-order valence-electron chi connectivity index (χ2n) is 4.27. The Balaban J connectivity index is 1.82. The topological polar surface area (TPSA) is 93.8 Å². The van der Waals surface area contributed by atoms with Gasteiger partial charge in [-0.15, -0.1) is 0 Å². The summed E-state index contributed by atoms with van der Waals surface area (Å²) in [4.78, 5) is 26.6. The van der Waals surface area contributed by atoms with Gasteiger partial charge >= 0.3 is 0 Å². The number of hydrogen-bond donors (Lipinski definition) is 1. The van der Waals surface area contributed by atoms with E-state index in [0.29, 0.717) is 5.69 Å². The van der Waals surface area contributed by atoms with Gasteiger partial charge in [-0.25, -0.2) is 0 Å². The summed E-state index contributed by atoms with van der Waals surface area (Å²) in [5, 5.41) is 16.8. The van der Waals surface area contributed by atoms with E-state index in [-0.39, 0.29) is 12.3 Å². The van der Waals surface area contributed by atoms with Gasteiger partial charge in [0.2, 0.25) is 0 Å². The minimum atomic E-state index is -0.531. The summed E-state index contributed by atoms with van der Waals surface area (Å²) in [6.45, 7) is -0.286. The summed E-state index contributed by atoms with van der Waals surface area (Å²) in [6, 6.07) is 14.9. The van der Waals surface area contributed by atoms with E-state index in [1.807, 2.05) is 30.3 Å². The van der Waals surface area contributed by atoms with Crippen molar-refractivity contribution in [1.82, 2.24) is 0 Å². The molecule has 1 N–H and O–H groups in total. The van der Waals surface area contributed by atoms with E-state index in [4.69, 9.17) is 4.84 Å². The molecule has 2 aromatic rings. The molecule has 0 radical (unpaired) electrons. The fourth-order valence-corrected chi connectivity index (χ4v) is 1.63. The Morgan fingerprint density at radius 3 is 2.73 bits per heavy atom. The number of carbonyl (C=O) groups excluding carboxylic acids is 1. The maximum atomic E-state index is 11.6. The summed E-state index contributed by atoms with van der Waals surface area (Å²) < 4.78 is 0. The normalized spacial score (nSPS) is 10.4. The first-order valence-electron chi connectivity index (χ1n) is 6.40. The molecular weight excluding hydrogens is 286 g/mol. The summed E-state index contributed by atoms with van der Waals surface area (Å²) in [5.41, 5.74) is 1.08. The van der Waals surface area contributed by atoms with Gasteiger partial charge in [0.25, 0.3) is 11.6 Å². The number of carbonyl (C=O) groups is 1.